The molecule has 0 atom stereocenters. The van der Waals surface area contributed by atoms with E-state index in [4.69, 9.17) is 0 Å². The number of hydrogen-bond donors (Lipinski definition) is 1. The fourth-order valence-electron chi connectivity index (χ4n) is 1.86. The van der Waals surface area contributed by atoms with Crippen molar-refractivity contribution < 1.29 is 0 Å². The van der Waals surface area contributed by atoms with Gasteiger partial charge in [0, 0.05) is 12.7 Å². The van der Waals surface area contributed by atoms with E-state index in [2.05, 4.69) is 55.5 Å². The number of aryl methyl sites for hydroxylation is 2. The van der Waals surface area contributed by atoms with E-state index in [0.29, 0.717) is 0 Å². The van der Waals surface area contributed by atoms with E-state index in [-0.39, 0.29) is 0 Å². The fourth-order valence-corrected chi connectivity index (χ4v) is 1.86. The predicted molar refractivity (Wildman–Crippen MR) is 75.0 cm³/mol. The smallest absolute Gasteiger partial charge is 0.0766 e. The second-order valence-corrected chi connectivity index (χ2v) is 4.70. The largest absolute Gasteiger partial charge is 0.311 e. The first-order valence-electron chi connectivity index (χ1n) is 6.53. The zero-order chi connectivity index (χ0) is 13.0. The molecule has 2 rings (SSSR count). The Morgan fingerprint density at radius 2 is 2.00 bits per heavy atom. The molecular formula is C15H21N3. The monoisotopic (exact) mass is 243 g/mol. The van der Waals surface area contributed by atoms with E-state index in [1.165, 1.54) is 11.1 Å². The van der Waals surface area contributed by atoms with Crippen LogP contribution in [-0.2, 0) is 6.54 Å². The summed E-state index contributed by atoms with van der Waals surface area (Å²) in [5.41, 5.74) is 4.82. The summed E-state index contributed by atoms with van der Waals surface area (Å²) in [5.74, 6) is 0. The Hall–Kier alpha value is -1.61. The van der Waals surface area contributed by atoms with Crippen LogP contribution in [0.1, 0.15) is 30.2 Å². The van der Waals surface area contributed by atoms with Crippen LogP contribution in [0.25, 0.3) is 5.69 Å². The van der Waals surface area contributed by atoms with Crippen LogP contribution in [0.4, 0.5) is 0 Å². The van der Waals surface area contributed by atoms with Crippen LogP contribution in [0.15, 0.2) is 30.5 Å². The number of nitrogens with one attached hydrogen (secondary N) is 1. The molecule has 1 heterocycles. The Bertz CT molecular complexity index is 514. The van der Waals surface area contributed by atoms with Gasteiger partial charge in [0.15, 0.2) is 0 Å². The van der Waals surface area contributed by atoms with Gasteiger partial charge in [-0.05, 0) is 56.1 Å². The zero-order valence-electron chi connectivity index (χ0n) is 11.4. The normalized spacial score (nSPS) is 10.8. The van der Waals surface area contributed by atoms with Gasteiger partial charge in [-0.1, -0.05) is 13.0 Å². The van der Waals surface area contributed by atoms with Gasteiger partial charge in [-0.2, -0.15) is 5.10 Å². The number of aromatic nitrogens is 2. The standard InChI is InChI=1S/C15H21N3/c1-4-8-16-11-14-7-9-18(17-14)15-6-5-12(2)13(3)10-15/h5-7,9-10,16H,4,8,11H2,1-3H3. The summed E-state index contributed by atoms with van der Waals surface area (Å²) in [6.45, 7) is 8.30. The van der Waals surface area contributed by atoms with Gasteiger partial charge >= 0.3 is 0 Å². The van der Waals surface area contributed by atoms with Crippen molar-refractivity contribution in [1.29, 1.82) is 0 Å². The van der Waals surface area contributed by atoms with Crippen molar-refractivity contribution in [2.24, 2.45) is 0 Å². The minimum absolute atomic E-state index is 0.839. The lowest BCUT2D eigenvalue weighted by Gasteiger charge is -2.05. The molecule has 0 saturated heterocycles. The molecule has 18 heavy (non-hydrogen) atoms. The van der Waals surface area contributed by atoms with Crippen LogP contribution >= 0.6 is 0 Å². The Labute approximate surface area is 109 Å². The quantitative estimate of drug-likeness (QED) is 0.818. The molecule has 0 aliphatic heterocycles. The number of nitrogens with zero attached hydrogens (tertiary/aromatic N) is 2. The first kappa shape index (κ1) is 12.8. The molecule has 0 unspecified atom stereocenters. The highest BCUT2D eigenvalue weighted by Crippen LogP contribution is 2.13. The average Bonchev–Trinajstić information content (AvgIpc) is 2.82. The van der Waals surface area contributed by atoms with Crippen LogP contribution in [0.2, 0.25) is 0 Å². The molecule has 0 bridgehead atoms. The molecule has 2 aromatic rings. The highest BCUT2D eigenvalue weighted by molar-refractivity contribution is 5.39. The van der Waals surface area contributed by atoms with Crippen LogP contribution in [-0.4, -0.2) is 16.3 Å². The minimum Gasteiger partial charge on any atom is -0.311 e. The first-order valence-corrected chi connectivity index (χ1v) is 6.53. The molecule has 1 N–H and O–H groups in total. The van der Waals surface area contributed by atoms with E-state index in [1.807, 2.05) is 10.9 Å². The summed E-state index contributed by atoms with van der Waals surface area (Å²) < 4.78 is 1.94. The Morgan fingerprint density at radius 3 is 2.72 bits per heavy atom. The summed E-state index contributed by atoms with van der Waals surface area (Å²) in [6.07, 6.45) is 3.17. The third-order valence-corrected chi connectivity index (χ3v) is 3.13. The van der Waals surface area contributed by atoms with Crippen LogP contribution in [0.5, 0.6) is 0 Å². The highest BCUT2D eigenvalue weighted by atomic mass is 15.3. The van der Waals surface area contributed by atoms with Gasteiger partial charge in [0.2, 0.25) is 0 Å². The molecule has 1 aromatic carbocycles. The van der Waals surface area contributed by atoms with Crippen molar-refractivity contribution in [3.63, 3.8) is 0 Å². The van der Waals surface area contributed by atoms with Crippen molar-refractivity contribution in [3.05, 3.63) is 47.3 Å². The Balaban J connectivity index is 2.11. The molecule has 3 nitrogen and oxygen atoms in total. The molecule has 0 amide bonds. The van der Waals surface area contributed by atoms with E-state index in [1.54, 1.807) is 0 Å². The van der Waals surface area contributed by atoms with Gasteiger partial charge in [-0.15, -0.1) is 0 Å². The van der Waals surface area contributed by atoms with Gasteiger partial charge in [-0.25, -0.2) is 4.68 Å². The topological polar surface area (TPSA) is 29.9 Å². The Morgan fingerprint density at radius 1 is 1.17 bits per heavy atom. The van der Waals surface area contributed by atoms with Gasteiger partial charge in [-0.3, -0.25) is 0 Å². The summed E-state index contributed by atoms with van der Waals surface area (Å²) in [7, 11) is 0. The summed E-state index contributed by atoms with van der Waals surface area (Å²) in [4.78, 5) is 0. The van der Waals surface area contributed by atoms with Crippen LogP contribution < -0.4 is 5.32 Å². The highest BCUT2D eigenvalue weighted by Gasteiger charge is 2.02. The van der Waals surface area contributed by atoms with Crippen molar-refractivity contribution >= 4 is 0 Å². The Kier molecular flexibility index (Phi) is 4.15. The second-order valence-electron chi connectivity index (χ2n) is 4.70. The number of benzene rings is 1. The molecule has 0 saturated carbocycles. The molecule has 1 aromatic heterocycles. The van der Waals surface area contributed by atoms with Gasteiger partial charge in [0.1, 0.15) is 0 Å². The minimum atomic E-state index is 0.839. The van der Waals surface area contributed by atoms with E-state index in [0.717, 1.165) is 30.9 Å². The van der Waals surface area contributed by atoms with Crippen molar-refractivity contribution in [1.82, 2.24) is 15.1 Å². The predicted octanol–water partition coefficient (Wildman–Crippen LogP) is 2.99. The van der Waals surface area contributed by atoms with E-state index in [9.17, 15) is 0 Å². The molecule has 96 valence electrons. The number of hydrogen-bond acceptors (Lipinski definition) is 2. The molecule has 0 spiro atoms. The van der Waals surface area contributed by atoms with Gasteiger partial charge in [0.25, 0.3) is 0 Å². The lowest BCUT2D eigenvalue weighted by atomic mass is 10.1. The first-order chi connectivity index (χ1) is 8.70. The van der Waals surface area contributed by atoms with Crippen molar-refractivity contribution in [2.75, 3.05) is 6.54 Å². The lowest BCUT2D eigenvalue weighted by Crippen LogP contribution is -2.14. The van der Waals surface area contributed by atoms with Gasteiger partial charge in [0.05, 0.1) is 11.4 Å². The summed E-state index contributed by atoms with van der Waals surface area (Å²) in [6, 6.07) is 8.49. The molecular weight excluding hydrogens is 222 g/mol. The molecule has 0 aliphatic carbocycles. The SMILES string of the molecule is CCCNCc1ccn(-c2ccc(C)c(C)c2)n1. The molecule has 0 aliphatic rings. The van der Waals surface area contributed by atoms with Crippen molar-refractivity contribution in [2.45, 2.75) is 33.7 Å². The second kappa shape index (κ2) is 5.83. The van der Waals surface area contributed by atoms with Gasteiger partial charge < -0.3 is 5.32 Å². The maximum atomic E-state index is 4.58. The van der Waals surface area contributed by atoms with E-state index >= 15 is 0 Å². The maximum absolute atomic E-state index is 4.58. The van der Waals surface area contributed by atoms with Crippen LogP contribution in [0.3, 0.4) is 0 Å². The zero-order valence-corrected chi connectivity index (χ0v) is 11.4. The molecule has 0 radical (unpaired) electrons. The third-order valence-electron chi connectivity index (χ3n) is 3.13. The van der Waals surface area contributed by atoms with Crippen molar-refractivity contribution in [3.8, 4) is 5.69 Å². The summed E-state index contributed by atoms with van der Waals surface area (Å²) >= 11 is 0. The average molecular weight is 243 g/mol. The fraction of sp³-hybridized carbons (Fsp3) is 0.400. The van der Waals surface area contributed by atoms with Crippen LogP contribution in [0, 0.1) is 13.8 Å². The lowest BCUT2D eigenvalue weighted by molar-refractivity contribution is 0.656. The van der Waals surface area contributed by atoms with E-state index < -0.39 is 0 Å². The molecule has 3 heteroatoms. The summed E-state index contributed by atoms with van der Waals surface area (Å²) in [5, 5.41) is 7.94. The molecule has 0 fully saturated rings. The third kappa shape index (κ3) is 2.99. The number of rotatable bonds is 5. The maximum Gasteiger partial charge on any atom is 0.0766 e.